The number of aliphatic hydroxyl groups excluding tert-OH is 1. The van der Waals surface area contributed by atoms with Crippen molar-refractivity contribution in [3.63, 3.8) is 0 Å². The predicted molar refractivity (Wildman–Crippen MR) is 49.2 cm³/mol. The van der Waals surface area contributed by atoms with Gasteiger partial charge < -0.3 is 9.84 Å². The Morgan fingerprint density at radius 1 is 1.54 bits per heavy atom. The van der Waals surface area contributed by atoms with Crippen molar-refractivity contribution in [2.45, 2.75) is 19.8 Å². The zero-order chi connectivity index (χ0) is 9.90. The summed E-state index contributed by atoms with van der Waals surface area (Å²) in [5, 5.41) is 9.22. The van der Waals surface area contributed by atoms with Gasteiger partial charge in [0.1, 0.15) is 5.76 Å². The van der Waals surface area contributed by atoms with Gasteiger partial charge in [0.2, 0.25) is 0 Å². The molecule has 3 nitrogen and oxygen atoms in total. The van der Waals surface area contributed by atoms with Crippen LogP contribution in [0, 0.1) is 5.41 Å². The molecule has 3 heteroatoms. The number of allylic oxidation sites excluding steroid dienone is 2. The Kier molecular flexibility index (Phi) is 2.76. The van der Waals surface area contributed by atoms with Crippen molar-refractivity contribution in [1.29, 1.82) is 0 Å². The standard InChI is InChI=1S/C10H14O3/c1-10(4-5-10)9(12)7-8(11)3-6-13-2/h3,6-7,11H,4-5H2,1-2H3/b6-3+,8-7?. The molecule has 0 amide bonds. The Balaban J connectivity index is 2.54. The summed E-state index contributed by atoms with van der Waals surface area (Å²) in [6.45, 7) is 1.90. The summed E-state index contributed by atoms with van der Waals surface area (Å²) in [4.78, 5) is 11.4. The Hall–Kier alpha value is -1.25. The summed E-state index contributed by atoms with van der Waals surface area (Å²) in [6.07, 6.45) is 5.77. The highest BCUT2D eigenvalue weighted by Crippen LogP contribution is 2.46. The molecule has 1 rings (SSSR count). The first-order valence-corrected chi connectivity index (χ1v) is 4.23. The third kappa shape index (κ3) is 2.61. The van der Waals surface area contributed by atoms with Gasteiger partial charge in [-0.3, -0.25) is 4.79 Å². The molecular formula is C10H14O3. The van der Waals surface area contributed by atoms with E-state index in [-0.39, 0.29) is 17.0 Å². The van der Waals surface area contributed by atoms with E-state index in [0.717, 1.165) is 12.8 Å². The quantitative estimate of drug-likeness (QED) is 0.410. The fraction of sp³-hybridized carbons (Fsp3) is 0.500. The van der Waals surface area contributed by atoms with E-state index in [1.54, 1.807) is 0 Å². The molecule has 0 spiro atoms. The molecule has 0 bridgehead atoms. The second kappa shape index (κ2) is 3.64. The van der Waals surface area contributed by atoms with Gasteiger partial charge in [-0.25, -0.2) is 0 Å². The molecule has 1 saturated carbocycles. The molecule has 0 unspecified atom stereocenters. The molecule has 1 aliphatic carbocycles. The van der Waals surface area contributed by atoms with Crippen LogP contribution >= 0.6 is 0 Å². The minimum atomic E-state index is -0.213. The molecule has 72 valence electrons. The summed E-state index contributed by atoms with van der Waals surface area (Å²) in [5.74, 6) is -0.0641. The van der Waals surface area contributed by atoms with Gasteiger partial charge in [-0.2, -0.15) is 0 Å². The first-order chi connectivity index (χ1) is 6.08. The van der Waals surface area contributed by atoms with Crippen molar-refractivity contribution in [3.8, 4) is 0 Å². The van der Waals surface area contributed by atoms with E-state index in [9.17, 15) is 9.90 Å². The van der Waals surface area contributed by atoms with Crippen LogP contribution in [0.1, 0.15) is 19.8 Å². The lowest BCUT2D eigenvalue weighted by Crippen LogP contribution is -2.08. The van der Waals surface area contributed by atoms with Gasteiger partial charge in [-0.05, 0) is 12.8 Å². The number of ether oxygens (including phenoxy) is 1. The molecule has 0 saturated heterocycles. The van der Waals surface area contributed by atoms with Crippen LogP contribution in [-0.2, 0) is 9.53 Å². The fourth-order valence-electron chi connectivity index (χ4n) is 0.928. The third-order valence-electron chi connectivity index (χ3n) is 2.25. The molecule has 0 aliphatic heterocycles. The van der Waals surface area contributed by atoms with E-state index in [4.69, 9.17) is 0 Å². The second-order valence-corrected chi connectivity index (χ2v) is 3.53. The van der Waals surface area contributed by atoms with E-state index in [1.165, 1.54) is 25.5 Å². The molecule has 1 fully saturated rings. The van der Waals surface area contributed by atoms with Crippen LogP contribution in [-0.4, -0.2) is 18.0 Å². The maximum Gasteiger partial charge on any atom is 0.165 e. The highest BCUT2D eigenvalue weighted by Gasteiger charge is 2.43. The van der Waals surface area contributed by atoms with Gasteiger partial charge in [0.25, 0.3) is 0 Å². The summed E-state index contributed by atoms with van der Waals surface area (Å²) >= 11 is 0. The topological polar surface area (TPSA) is 46.5 Å². The number of aliphatic hydroxyl groups is 1. The van der Waals surface area contributed by atoms with Crippen molar-refractivity contribution in [3.05, 3.63) is 24.2 Å². The highest BCUT2D eigenvalue weighted by molar-refractivity contribution is 5.97. The lowest BCUT2D eigenvalue weighted by Gasteiger charge is -2.00. The van der Waals surface area contributed by atoms with Crippen LogP contribution in [0.25, 0.3) is 0 Å². The van der Waals surface area contributed by atoms with Gasteiger partial charge in [0.15, 0.2) is 5.78 Å². The minimum absolute atomic E-state index is 0.00856. The van der Waals surface area contributed by atoms with Crippen LogP contribution < -0.4 is 0 Å². The summed E-state index contributed by atoms with van der Waals surface area (Å²) in [6, 6.07) is 0. The predicted octanol–water partition coefficient (Wildman–Crippen LogP) is 1.96. The number of rotatable bonds is 4. The molecule has 13 heavy (non-hydrogen) atoms. The van der Waals surface area contributed by atoms with Crippen molar-refractivity contribution >= 4 is 5.78 Å². The monoisotopic (exact) mass is 182 g/mol. The van der Waals surface area contributed by atoms with E-state index >= 15 is 0 Å². The number of hydrogen-bond donors (Lipinski definition) is 1. The number of methoxy groups -OCH3 is 1. The van der Waals surface area contributed by atoms with Crippen LogP contribution in [0.5, 0.6) is 0 Å². The molecule has 0 heterocycles. The molecule has 0 radical (unpaired) electrons. The number of hydrogen-bond acceptors (Lipinski definition) is 3. The van der Waals surface area contributed by atoms with E-state index in [2.05, 4.69) is 4.74 Å². The molecule has 1 aliphatic rings. The van der Waals surface area contributed by atoms with Gasteiger partial charge in [-0.15, -0.1) is 0 Å². The molecule has 0 aromatic heterocycles. The lowest BCUT2D eigenvalue weighted by atomic mass is 10.0. The van der Waals surface area contributed by atoms with Gasteiger partial charge >= 0.3 is 0 Å². The van der Waals surface area contributed by atoms with Crippen molar-refractivity contribution in [2.24, 2.45) is 5.41 Å². The Morgan fingerprint density at radius 2 is 2.15 bits per heavy atom. The number of carbonyl (C=O) groups is 1. The van der Waals surface area contributed by atoms with Crippen LogP contribution in [0.4, 0.5) is 0 Å². The average Bonchev–Trinajstić information content (AvgIpc) is 2.81. The first kappa shape index (κ1) is 9.84. The Morgan fingerprint density at radius 3 is 2.62 bits per heavy atom. The first-order valence-electron chi connectivity index (χ1n) is 4.23. The average molecular weight is 182 g/mol. The van der Waals surface area contributed by atoms with Crippen molar-refractivity contribution < 1.29 is 14.6 Å². The second-order valence-electron chi connectivity index (χ2n) is 3.53. The third-order valence-corrected chi connectivity index (χ3v) is 2.25. The fourth-order valence-corrected chi connectivity index (χ4v) is 0.928. The van der Waals surface area contributed by atoms with E-state index < -0.39 is 0 Å². The Bertz CT molecular complexity index is 259. The number of ketones is 1. The normalized spacial score (nSPS) is 20.3. The highest BCUT2D eigenvalue weighted by atomic mass is 16.5. The van der Waals surface area contributed by atoms with Gasteiger partial charge in [-0.1, -0.05) is 6.92 Å². The van der Waals surface area contributed by atoms with Crippen molar-refractivity contribution in [2.75, 3.05) is 7.11 Å². The lowest BCUT2D eigenvalue weighted by molar-refractivity contribution is -0.118. The summed E-state index contributed by atoms with van der Waals surface area (Å²) < 4.78 is 4.60. The zero-order valence-corrected chi connectivity index (χ0v) is 7.91. The number of carbonyl (C=O) groups excluding carboxylic acids is 1. The largest absolute Gasteiger partial charge is 0.508 e. The molecule has 0 aromatic carbocycles. The van der Waals surface area contributed by atoms with Gasteiger partial charge in [0, 0.05) is 17.6 Å². The molecule has 0 atom stereocenters. The van der Waals surface area contributed by atoms with E-state index in [0.29, 0.717) is 0 Å². The zero-order valence-electron chi connectivity index (χ0n) is 7.91. The van der Waals surface area contributed by atoms with Crippen LogP contribution in [0.3, 0.4) is 0 Å². The van der Waals surface area contributed by atoms with E-state index in [1.807, 2.05) is 6.92 Å². The van der Waals surface area contributed by atoms with Crippen LogP contribution in [0.2, 0.25) is 0 Å². The summed E-state index contributed by atoms with van der Waals surface area (Å²) in [7, 11) is 1.48. The van der Waals surface area contributed by atoms with Gasteiger partial charge in [0.05, 0.1) is 13.4 Å². The SMILES string of the molecule is CO/C=C/C(O)=CC(=O)C1(C)CC1. The molecule has 0 aromatic rings. The molecular weight excluding hydrogens is 168 g/mol. The maximum absolute atomic E-state index is 11.4. The summed E-state index contributed by atoms with van der Waals surface area (Å²) in [5.41, 5.74) is -0.213. The maximum atomic E-state index is 11.4. The Labute approximate surface area is 77.7 Å². The van der Waals surface area contributed by atoms with Crippen LogP contribution in [0.15, 0.2) is 24.2 Å². The molecule has 1 N–H and O–H groups in total. The minimum Gasteiger partial charge on any atom is -0.508 e. The smallest absolute Gasteiger partial charge is 0.165 e. The van der Waals surface area contributed by atoms with Crippen molar-refractivity contribution in [1.82, 2.24) is 0 Å².